The van der Waals surface area contributed by atoms with Gasteiger partial charge in [-0.1, -0.05) is 12.2 Å². The average molecular weight is 164 g/mol. The molecule has 4 atom stereocenters. The molecule has 3 aliphatic rings. The summed E-state index contributed by atoms with van der Waals surface area (Å²) >= 11 is 0. The molecule has 0 aromatic carbocycles. The smallest absolute Gasteiger partial charge is 0.00538 e. The van der Waals surface area contributed by atoms with Crippen molar-refractivity contribution in [2.24, 2.45) is 28.9 Å². The maximum absolute atomic E-state index is 5.88. The Morgan fingerprint density at radius 3 is 3.25 bits per heavy atom. The first-order chi connectivity index (χ1) is 5.86. The minimum absolute atomic E-state index is 0.388. The van der Waals surface area contributed by atoms with Crippen molar-refractivity contribution in [3.05, 3.63) is 12.2 Å². The van der Waals surface area contributed by atoms with Crippen LogP contribution in [-0.2, 0) is 0 Å². The second kappa shape index (κ2) is 2.12. The Morgan fingerprint density at radius 1 is 1.50 bits per heavy atom. The number of nitrogens with one attached hydrogen (secondary N) is 1. The van der Waals surface area contributed by atoms with Crippen molar-refractivity contribution < 1.29 is 0 Å². The van der Waals surface area contributed by atoms with E-state index in [1.165, 1.54) is 19.5 Å². The summed E-state index contributed by atoms with van der Waals surface area (Å²) in [5, 5.41) is 3.49. The van der Waals surface area contributed by atoms with Gasteiger partial charge in [0.05, 0.1) is 0 Å². The molecule has 12 heavy (non-hydrogen) atoms. The summed E-state index contributed by atoms with van der Waals surface area (Å²) in [7, 11) is 0. The zero-order chi connectivity index (χ0) is 8.18. The SMILES string of the molecule is NCC12C=CC(C1)C1CNCC12. The Bertz CT molecular complexity index is 236. The standard InChI is InChI=1S/C10H16N2/c11-6-10-2-1-7(3-10)8-4-12-5-9(8)10/h1-2,7-9,12H,3-6,11H2. The van der Waals surface area contributed by atoms with Gasteiger partial charge in [0, 0.05) is 12.0 Å². The summed E-state index contributed by atoms with van der Waals surface area (Å²) in [6.45, 7) is 3.27. The number of hydrogen-bond donors (Lipinski definition) is 2. The van der Waals surface area contributed by atoms with E-state index in [0.29, 0.717) is 5.41 Å². The maximum atomic E-state index is 5.88. The molecule has 3 N–H and O–H groups in total. The highest BCUT2D eigenvalue weighted by Gasteiger charge is 2.55. The Morgan fingerprint density at radius 2 is 2.42 bits per heavy atom. The first-order valence-corrected chi connectivity index (χ1v) is 4.96. The van der Waals surface area contributed by atoms with Gasteiger partial charge in [0.15, 0.2) is 0 Å². The fraction of sp³-hybridized carbons (Fsp3) is 0.800. The second-order valence-corrected chi connectivity index (χ2v) is 4.59. The van der Waals surface area contributed by atoms with E-state index in [1.54, 1.807) is 0 Å². The van der Waals surface area contributed by atoms with Crippen LogP contribution < -0.4 is 11.1 Å². The molecule has 0 amide bonds. The van der Waals surface area contributed by atoms with Crippen LogP contribution >= 0.6 is 0 Å². The van der Waals surface area contributed by atoms with Crippen LogP contribution in [0.4, 0.5) is 0 Å². The molecule has 3 rings (SSSR count). The van der Waals surface area contributed by atoms with Crippen molar-refractivity contribution in [2.45, 2.75) is 6.42 Å². The lowest BCUT2D eigenvalue weighted by molar-refractivity contribution is 0.276. The highest BCUT2D eigenvalue weighted by molar-refractivity contribution is 5.23. The van der Waals surface area contributed by atoms with Gasteiger partial charge in [-0.2, -0.15) is 0 Å². The molecule has 0 aromatic heterocycles. The molecule has 0 radical (unpaired) electrons. The monoisotopic (exact) mass is 164 g/mol. The number of nitrogens with two attached hydrogens (primary N) is 1. The highest BCUT2D eigenvalue weighted by atomic mass is 14.9. The van der Waals surface area contributed by atoms with Crippen molar-refractivity contribution >= 4 is 0 Å². The van der Waals surface area contributed by atoms with Crippen LogP contribution in [0.2, 0.25) is 0 Å². The molecule has 2 nitrogen and oxygen atoms in total. The van der Waals surface area contributed by atoms with Crippen LogP contribution in [0.25, 0.3) is 0 Å². The van der Waals surface area contributed by atoms with Gasteiger partial charge in [0.25, 0.3) is 0 Å². The molecule has 2 fully saturated rings. The largest absolute Gasteiger partial charge is 0.330 e. The lowest BCUT2D eigenvalue weighted by Crippen LogP contribution is -2.35. The van der Waals surface area contributed by atoms with Crippen LogP contribution in [0.1, 0.15) is 6.42 Å². The van der Waals surface area contributed by atoms with Gasteiger partial charge in [0.2, 0.25) is 0 Å². The normalized spacial score (nSPS) is 54.9. The van der Waals surface area contributed by atoms with E-state index in [0.717, 1.165) is 24.3 Å². The van der Waals surface area contributed by atoms with E-state index in [2.05, 4.69) is 17.5 Å². The number of hydrogen-bond acceptors (Lipinski definition) is 2. The Balaban J connectivity index is 2.00. The topological polar surface area (TPSA) is 38.0 Å². The van der Waals surface area contributed by atoms with E-state index in [9.17, 15) is 0 Å². The zero-order valence-electron chi connectivity index (χ0n) is 7.29. The van der Waals surface area contributed by atoms with Gasteiger partial charge in [-0.05, 0) is 37.3 Å². The molecule has 1 aliphatic heterocycles. The number of rotatable bonds is 1. The first kappa shape index (κ1) is 7.10. The van der Waals surface area contributed by atoms with Gasteiger partial charge in [-0.25, -0.2) is 0 Å². The van der Waals surface area contributed by atoms with Crippen molar-refractivity contribution in [1.29, 1.82) is 0 Å². The van der Waals surface area contributed by atoms with E-state index < -0.39 is 0 Å². The van der Waals surface area contributed by atoms with Crippen LogP contribution in [0.3, 0.4) is 0 Å². The molecule has 2 heteroatoms. The predicted octanol–water partition coefficient (Wildman–Crippen LogP) is 0.357. The summed E-state index contributed by atoms with van der Waals surface area (Å²) in [5.41, 5.74) is 6.27. The van der Waals surface area contributed by atoms with Gasteiger partial charge in [0.1, 0.15) is 0 Å². The quantitative estimate of drug-likeness (QED) is 0.549. The molecule has 1 saturated heterocycles. The third-order valence-electron chi connectivity index (χ3n) is 4.22. The average Bonchev–Trinajstić information content (AvgIpc) is 2.76. The highest BCUT2D eigenvalue weighted by Crippen LogP contribution is 2.56. The minimum Gasteiger partial charge on any atom is -0.330 e. The van der Waals surface area contributed by atoms with Crippen molar-refractivity contribution in [2.75, 3.05) is 19.6 Å². The molecule has 2 bridgehead atoms. The predicted molar refractivity (Wildman–Crippen MR) is 48.6 cm³/mol. The van der Waals surface area contributed by atoms with E-state index in [4.69, 9.17) is 5.73 Å². The summed E-state index contributed by atoms with van der Waals surface area (Å²) in [4.78, 5) is 0. The number of allylic oxidation sites excluding steroid dienone is 1. The molecule has 66 valence electrons. The van der Waals surface area contributed by atoms with Gasteiger partial charge in [-0.15, -0.1) is 0 Å². The Kier molecular flexibility index (Phi) is 1.25. The fourth-order valence-electron chi connectivity index (χ4n) is 3.54. The van der Waals surface area contributed by atoms with Crippen molar-refractivity contribution in [3.8, 4) is 0 Å². The van der Waals surface area contributed by atoms with Gasteiger partial charge < -0.3 is 11.1 Å². The second-order valence-electron chi connectivity index (χ2n) is 4.59. The Hall–Kier alpha value is -0.340. The molecule has 1 heterocycles. The summed E-state index contributed by atoms with van der Waals surface area (Å²) in [6, 6.07) is 0. The molecule has 4 unspecified atom stereocenters. The lowest BCUT2D eigenvalue weighted by Gasteiger charge is -2.30. The summed E-state index contributed by atoms with van der Waals surface area (Å²) < 4.78 is 0. The Labute approximate surface area is 73.2 Å². The van der Waals surface area contributed by atoms with E-state index in [-0.39, 0.29) is 0 Å². The summed E-state index contributed by atoms with van der Waals surface area (Å²) in [5.74, 6) is 2.59. The third kappa shape index (κ3) is 0.639. The molecule has 0 aromatic rings. The van der Waals surface area contributed by atoms with E-state index >= 15 is 0 Å². The van der Waals surface area contributed by atoms with Crippen LogP contribution in [0, 0.1) is 23.2 Å². The van der Waals surface area contributed by atoms with E-state index in [1.807, 2.05) is 0 Å². The van der Waals surface area contributed by atoms with Crippen molar-refractivity contribution in [3.63, 3.8) is 0 Å². The molecular weight excluding hydrogens is 148 g/mol. The zero-order valence-corrected chi connectivity index (χ0v) is 7.29. The van der Waals surface area contributed by atoms with Gasteiger partial charge >= 0.3 is 0 Å². The lowest BCUT2D eigenvalue weighted by atomic mass is 9.75. The number of fused-ring (bicyclic) bond motifs is 5. The van der Waals surface area contributed by atoms with Crippen LogP contribution in [0.5, 0.6) is 0 Å². The van der Waals surface area contributed by atoms with Crippen molar-refractivity contribution in [1.82, 2.24) is 5.32 Å². The van der Waals surface area contributed by atoms with Gasteiger partial charge in [-0.3, -0.25) is 0 Å². The first-order valence-electron chi connectivity index (χ1n) is 4.96. The minimum atomic E-state index is 0.388. The molecular formula is C10H16N2. The third-order valence-corrected chi connectivity index (χ3v) is 4.22. The molecule has 1 saturated carbocycles. The molecule has 0 spiro atoms. The maximum Gasteiger partial charge on any atom is 0.00538 e. The fourth-order valence-corrected chi connectivity index (χ4v) is 3.54. The summed E-state index contributed by atoms with van der Waals surface area (Å²) in [6.07, 6.45) is 6.13. The molecule has 2 aliphatic carbocycles. The van der Waals surface area contributed by atoms with Crippen LogP contribution in [-0.4, -0.2) is 19.6 Å². The van der Waals surface area contributed by atoms with Crippen LogP contribution in [0.15, 0.2) is 12.2 Å².